The highest BCUT2D eigenvalue weighted by Crippen LogP contribution is 2.44. The van der Waals surface area contributed by atoms with Crippen LogP contribution in [0.25, 0.3) is 0 Å². The second-order valence-corrected chi connectivity index (χ2v) is 7.67. The predicted octanol–water partition coefficient (Wildman–Crippen LogP) is 4.68. The summed E-state index contributed by atoms with van der Waals surface area (Å²) in [4.78, 5) is 16.0. The van der Waals surface area contributed by atoms with Gasteiger partial charge < -0.3 is 4.74 Å². The number of benzene rings is 2. The lowest BCUT2D eigenvalue weighted by molar-refractivity contribution is -0.175. The second-order valence-electron chi connectivity index (χ2n) is 7.67. The Balaban J connectivity index is 1.78. The van der Waals surface area contributed by atoms with Gasteiger partial charge in [-0.15, -0.1) is 0 Å². The van der Waals surface area contributed by atoms with Gasteiger partial charge in [-0.05, 0) is 43.5 Å². The fraction of sp³-hybridized carbons (Fsp3) is 0.375. The van der Waals surface area contributed by atoms with E-state index >= 15 is 0 Å². The molecule has 140 valence electrons. The Morgan fingerprint density at radius 2 is 1.70 bits per heavy atom. The molecule has 2 heterocycles. The van der Waals surface area contributed by atoms with Gasteiger partial charge in [0.15, 0.2) is 5.72 Å². The minimum Gasteiger partial charge on any atom is -0.439 e. The highest BCUT2D eigenvalue weighted by molar-refractivity contribution is 5.88. The molecular formula is C24H27NO2. The number of hydrogen-bond donors (Lipinski definition) is 0. The molecule has 0 radical (unpaired) electrons. The number of fused-ring (bicyclic) bond motifs is 2. The summed E-state index contributed by atoms with van der Waals surface area (Å²) in [5.41, 5.74) is 0.556. The van der Waals surface area contributed by atoms with Crippen molar-refractivity contribution < 1.29 is 9.53 Å². The molecule has 0 N–H and O–H groups in total. The van der Waals surface area contributed by atoms with Gasteiger partial charge in [0.25, 0.3) is 0 Å². The van der Waals surface area contributed by atoms with Crippen LogP contribution in [0.15, 0.2) is 72.8 Å². The van der Waals surface area contributed by atoms with Crippen molar-refractivity contribution >= 4 is 5.97 Å². The number of rotatable bonds is 5. The molecule has 2 bridgehead atoms. The Morgan fingerprint density at radius 1 is 1.11 bits per heavy atom. The van der Waals surface area contributed by atoms with Crippen LogP contribution in [0.1, 0.15) is 43.7 Å². The molecule has 4 rings (SSSR count). The maximum atomic E-state index is 13.8. The topological polar surface area (TPSA) is 29.5 Å². The molecule has 2 atom stereocenters. The van der Waals surface area contributed by atoms with Crippen molar-refractivity contribution in [3.63, 3.8) is 0 Å². The van der Waals surface area contributed by atoms with E-state index in [2.05, 4.69) is 31.0 Å². The van der Waals surface area contributed by atoms with Crippen molar-refractivity contribution in [3.05, 3.63) is 83.9 Å². The quantitative estimate of drug-likeness (QED) is 0.572. The molecule has 0 unspecified atom stereocenters. The highest BCUT2D eigenvalue weighted by Gasteiger charge is 2.51. The minimum atomic E-state index is -0.804. The van der Waals surface area contributed by atoms with Crippen LogP contribution in [0.5, 0.6) is 0 Å². The number of ether oxygens (including phenoxy) is 1. The maximum Gasteiger partial charge on any atom is 0.323 e. The second kappa shape index (κ2) is 6.97. The Hall–Kier alpha value is -2.39. The van der Waals surface area contributed by atoms with Gasteiger partial charge in [0.05, 0.1) is 0 Å². The Morgan fingerprint density at radius 3 is 2.26 bits per heavy atom. The van der Waals surface area contributed by atoms with Crippen molar-refractivity contribution in [2.45, 2.75) is 49.8 Å². The van der Waals surface area contributed by atoms with Gasteiger partial charge in [0.1, 0.15) is 5.41 Å². The van der Waals surface area contributed by atoms with Gasteiger partial charge in [-0.2, -0.15) is 0 Å². The van der Waals surface area contributed by atoms with Crippen molar-refractivity contribution in [3.8, 4) is 0 Å². The fourth-order valence-electron chi connectivity index (χ4n) is 4.74. The first-order valence-electron chi connectivity index (χ1n) is 9.87. The first kappa shape index (κ1) is 18.0. The Bertz CT molecular complexity index is 790. The smallest absolute Gasteiger partial charge is 0.323 e. The van der Waals surface area contributed by atoms with Crippen LogP contribution in [0.2, 0.25) is 0 Å². The molecular weight excluding hydrogens is 334 g/mol. The molecule has 1 saturated heterocycles. The Kier molecular flexibility index (Phi) is 4.65. The molecule has 2 aliphatic rings. The van der Waals surface area contributed by atoms with E-state index in [1.807, 2.05) is 60.7 Å². The third-order valence-corrected chi connectivity index (χ3v) is 6.45. The van der Waals surface area contributed by atoms with E-state index in [1.165, 1.54) is 0 Å². The minimum absolute atomic E-state index is 0.165. The normalized spacial score (nSPS) is 24.7. The van der Waals surface area contributed by atoms with Crippen LogP contribution in [-0.2, 0) is 14.9 Å². The van der Waals surface area contributed by atoms with Gasteiger partial charge in [-0.3, -0.25) is 9.69 Å². The molecule has 2 aromatic carbocycles. The summed E-state index contributed by atoms with van der Waals surface area (Å²) in [5, 5.41) is 0. The molecule has 1 fully saturated rings. The van der Waals surface area contributed by atoms with Crippen LogP contribution in [-0.4, -0.2) is 29.7 Å². The molecule has 0 amide bonds. The fourth-order valence-corrected chi connectivity index (χ4v) is 4.74. The summed E-state index contributed by atoms with van der Waals surface area (Å²) < 4.78 is 6.35. The molecule has 0 spiro atoms. The van der Waals surface area contributed by atoms with Crippen LogP contribution in [0.4, 0.5) is 0 Å². The molecule has 3 nitrogen and oxygen atoms in total. The average molecular weight is 361 g/mol. The number of carbonyl (C=O) groups excluding carboxylic acids is 1. The summed E-state index contributed by atoms with van der Waals surface area (Å²) in [6, 6.07) is 20.5. The number of hydrogen-bond acceptors (Lipinski definition) is 3. The van der Waals surface area contributed by atoms with Crippen molar-refractivity contribution in [2.24, 2.45) is 0 Å². The van der Waals surface area contributed by atoms with E-state index in [0.29, 0.717) is 12.5 Å². The van der Waals surface area contributed by atoms with Gasteiger partial charge in [-0.25, -0.2) is 0 Å². The van der Waals surface area contributed by atoms with Crippen LogP contribution in [0.3, 0.4) is 0 Å². The van der Waals surface area contributed by atoms with E-state index in [0.717, 1.165) is 30.4 Å². The molecule has 2 aliphatic heterocycles. The number of esters is 1. The molecule has 0 aromatic heterocycles. The first-order chi connectivity index (χ1) is 13.1. The van der Waals surface area contributed by atoms with Crippen LogP contribution in [0, 0.1) is 0 Å². The molecule has 3 heteroatoms. The lowest BCUT2D eigenvalue weighted by Crippen LogP contribution is -2.52. The largest absolute Gasteiger partial charge is 0.439 e. The lowest BCUT2D eigenvalue weighted by atomic mass is 9.72. The summed E-state index contributed by atoms with van der Waals surface area (Å²) in [6.45, 7) is 2.07. The zero-order valence-electron chi connectivity index (χ0n) is 16.1. The summed E-state index contributed by atoms with van der Waals surface area (Å²) in [7, 11) is 2.08. The summed E-state index contributed by atoms with van der Waals surface area (Å²) >= 11 is 0. The van der Waals surface area contributed by atoms with Gasteiger partial charge in [-0.1, -0.05) is 73.7 Å². The zero-order chi connectivity index (χ0) is 18.9. The lowest BCUT2D eigenvalue weighted by Gasteiger charge is -2.41. The average Bonchev–Trinajstić information content (AvgIpc) is 2.88. The number of carbonyl (C=O) groups is 1. The SMILES string of the molecule is CCC(C(=O)O[C@]12C=CC[C@H](CC1)N2C)(c1ccccc1)c1ccccc1. The van der Waals surface area contributed by atoms with E-state index < -0.39 is 11.1 Å². The van der Waals surface area contributed by atoms with Gasteiger partial charge >= 0.3 is 5.97 Å². The Labute approximate surface area is 161 Å². The van der Waals surface area contributed by atoms with Crippen molar-refractivity contribution in [2.75, 3.05) is 7.05 Å². The van der Waals surface area contributed by atoms with E-state index in [1.54, 1.807) is 0 Å². The first-order valence-corrected chi connectivity index (χ1v) is 9.87. The van der Waals surface area contributed by atoms with Gasteiger partial charge in [0.2, 0.25) is 0 Å². The zero-order valence-corrected chi connectivity index (χ0v) is 16.1. The number of nitrogens with zero attached hydrogens (tertiary/aromatic N) is 1. The molecule has 0 aliphatic carbocycles. The van der Waals surface area contributed by atoms with E-state index in [-0.39, 0.29) is 5.97 Å². The number of likely N-dealkylation sites (N-methyl/N-ethyl adjacent to an activating group) is 1. The van der Waals surface area contributed by atoms with Gasteiger partial charge in [0, 0.05) is 12.5 Å². The third-order valence-electron chi connectivity index (χ3n) is 6.45. The highest BCUT2D eigenvalue weighted by atomic mass is 16.6. The van der Waals surface area contributed by atoms with E-state index in [4.69, 9.17) is 4.74 Å². The summed E-state index contributed by atoms with van der Waals surface area (Å²) in [6.07, 6.45) is 7.86. The van der Waals surface area contributed by atoms with Crippen LogP contribution < -0.4 is 0 Å². The monoisotopic (exact) mass is 361 g/mol. The third kappa shape index (κ3) is 2.81. The van der Waals surface area contributed by atoms with Crippen LogP contribution >= 0.6 is 0 Å². The van der Waals surface area contributed by atoms with Crippen molar-refractivity contribution in [1.82, 2.24) is 4.90 Å². The molecule has 2 aromatic rings. The maximum absolute atomic E-state index is 13.8. The van der Waals surface area contributed by atoms with E-state index in [9.17, 15) is 4.79 Å². The molecule has 0 saturated carbocycles. The van der Waals surface area contributed by atoms with Crippen molar-refractivity contribution in [1.29, 1.82) is 0 Å². The predicted molar refractivity (Wildman–Crippen MR) is 107 cm³/mol. The standard InChI is InChI=1S/C24H27NO2/c1-3-24(19-11-6-4-7-12-19,20-13-8-5-9-14-20)22(26)27-23-17-10-15-21(16-18-23)25(23)2/h4-14,17,21H,3,15-16,18H2,1-2H3/t21-,23-/m1/s1. The summed E-state index contributed by atoms with van der Waals surface area (Å²) in [5.74, 6) is -0.165. The molecule has 27 heavy (non-hydrogen) atoms.